The van der Waals surface area contributed by atoms with Crippen molar-refractivity contribution in [3.05, 3.63) is 0 Å². The molecule has 0 aliphatic rings. The third-order valence-electron chi connectivity index (χ3n) is 2.43. The SMILES string of the molecule is CN(C)CCC(=O)NC(CC(=O)O)CC(C)(C)C. The lowest BCUT2D eigenvalue weighted by Gasteiger charge is -2.26. The minimum atomic E-state index is -0.878. The van der Waals surface area contributed by atoms with E-state index in [0.29, 0.717) is 19.4 Å². The maximum atomic E-state index is 11.7. The Labute approximate surface area is 110 Å². The van der Waals surface area contributed by atoms with Gasteiger partial charge in [-0.05, 0) is 25.9 Å². The zero-order chi connectivity index (χ0) is 14.3. The van der Waals surface area contributed by atoms with Crippen molar-refractivity contribution in [1.82, 2.24) is 10.2 Å². The summed E-state index contributed by atoms with van der Waals surface area (Å²) in [4.78, 5) is 24.4. The first-order chi connectivity index (χ1) is 8.10. The molecule has 0 saturated carbocycles. The van der Waals surface area contributed by atoms with Gasteiger partial charge in [-0.25, -0.2) is 0 Å². The largest absolute Gasteiger partial charge is 0.481 e. The van der Waals surface area contributed by atoms with Crippen LogP contribution in [0.1, 0.15) is 40.0 Å². The summed E-state index contributed by atoms with van der Waals surface area (Å²) in [5.74, 6) is -0.962. The third kappa shape index (κ3) is 10.1. The predicted molar refractivity (Wildman–Crippen MR) is 71.4 cm³/mol. The molecule has 2 N–H and O–H groups in total. The Bertz CT molecular complexity index is 282. The van der Waals surface area contributed by atoms with Crippen LogP contribution >= 0.6 is 0 Å². The van der Waals surface area contributed by atoms with Crippen LogP contribution in [-0.2, 0) is 9.59 Å². The van der Waals surface area contributed by atoms with Crippen molar-refractivity contribution in [2.24, 2.45) is 5.41 Å². The second kappa shape index (κ2) is 7.36. The van der Waals surface area contributed by atoms with Crippen molar-refractivity contribution in [2.75, 3.05) is 20.6 Å². The Morgan fingerprint density at radius 1 is 1.28 bits per heavy atom. The minimum Gasteiger partial charge on any atom is -0.481 e. The molecular weight excluding hydrogens is 232 g/mol. The van der Waals surface area contributed by atoms with Crippen LogP contribution in [0.15, 0.2) is 0 Å². The molecule has 0 fully saturated rings. The summed E-state index contributed by atoms with van der Waals surface area (Å²) in [5.41, 5.74) is -0.00502. The monoisotopic (exact) mass is 258 g/mol. The zero-order valence-electron chi connectivity index (χ0n) is 12.1. The Hall–Kier alpha value is -1.10. The number of carboxylic acids is 1. The average Bonchev–Trinajstić information content (AvgIpc) is 2.10. The second-order valence-electron chi connectivity index (χ2n) is 6.18. The summed E-state index contributed by atoms with van der Waals surface area (Å²) < 4.78 is 0. The number of amides is 1. The lowest BCUT2D eigenvalue weighted by Crippen LogP contribution is -2.40. The van der Waals surface area contributed by atoms with Gasteiger partial charge in [-0.15, -0.1) is 0 Å². The van der Waals surface area contributed by atoms with E-state index in [-0.39, 0.29) is 23.8 Å². The molecule has 0 aromatic rings. The lowest BCUT2D eigenvalue weighted by atomic mass is 9.87. The summed E-state index contributed by atoms with van der Waals surface area (Å²) >= 11 is 0. The first-order valence-corrected chi connectivity index (χ1v) is 6.26. The molecule has 1 unspecified atom stereocenters. The van der Waals surface area contributed by atoms with Crippen LogP contribution in [0.3, 0.4) is 0 Å². The highest BCUT2D eigenvalue weighted by atomic mass is 16.4. The topological polar surface area (TPSA) is 69.6 Å². The van der Waals surface area contributed by atoms with Crippen molar-refractivity contribution in [3.63, 3.8) is 0 Å². The summed E-state index contributed by atoms with van der Waals surface area (Å²) in [6, 6.07) is -0.294. The standard InChI is InChI=1S/C13H26N2O3/c1-13(2,3)9-10(8-12(17)18)14-11(16)6-7-15(4)5/h10H,6-9H2,1-5H3,(H,14,16)(H,17,18). The van der Waals surface area contributed by atoms with Crippen molar-refractivity contribution >= 4 is 11.9 Å². The van der Waals surface area contributed by atoms with Crippen LogP contribution in [-0.4, -0.2) is 48.6 Å². The molecule has 0 saturated heterocycles. The molecule has 1 atom stereocenters. The van der Waals surface area contributed by atoms with E-state index >= 15 is 0 Å². The second-order valence-corrected chi connectivity index (χ2v) is 6.18. The number of carboxylic acid groups (broad SMARTS) is 1. The highest BCUT2D eigenvalue weighted by molar-refractivity contribution is 5.77. The number of nitrogens with one attached hydrogen (secondary N) is 1. The van der Waals surface area contributed by atoms with Crippen LogP contribution in [0.5, 0.6) is 0 Å². The summed E-state index contributed by atoms with van der Waals surface area (Å²) in [5, 5.41) is 11.7. The molecular formula is C13H26N2O3. The molecule has 0 aliphatic carbocycles. The molecule has 18 heavy (non-hydrogen) atoms. The zero-order valence-corrected chi connectivity index (χ0v) is 12.1. The van der Waals surface area contributed by atoms with Gasteiger partial charge >= 0.3 is 5.97 Å². The molecule has 0 aromatic heterocycles. The van der Waals surface area contributed by atoms with E-state index in [4.69, 9.17) is 5.11 Å². The van der Waals surface area contributed by atoms with Crippen LogP contribution < -0.4 is 5.32 Å². The summed E-state index contributed by atoms with van der Waals surface area (Å²) in [6.07, 6.45) is 1.03. The average molecular weight is 258 g/mol. The fourth-order valence-corrected chi connectivity index (χ4v) is 1.75. The van der Waals surface area contributed by atoms with E-state index in [1.165, 1.54) is 0 Å². The quantitative estimate of drug-likeness (QED) is 0.723. The first kappa shape index (κ1) is 16.9. The van der Waals surface area contributed by atoms with Crippen molar-refractivity contribution in [3.8, 4) is 0 Å². The van der Waals surface area contributed by atoms with Crippen molar-refractivity contribution in [1.29, 1.82) is 0 Å². The van der Waals surface area contributed by atoms with E-state index in [9.17, 15) is 9.59 Å². The minimum absolute atomic E-state index is 0.00502. The molecule has 5 nitrogen and oxygen atoms in total. The summed E-state index contributed by atoms with van der Waals surface area (Å²) in [6.45, 7) is 6.77. The number of hydrogen-bond donors (Lipinski definition) is 2. The van der Waals surface area contributed by atoms with Crippen LogP contribution in [0, 0.1) is 5.41 Å². The molecule has 0 rings (SSSR count). The van der Waals surface area contributed by atoms with Crippen LogP contribution in [0.2, 0.25) is 0 Å². The van der Waals surface area contributed by atoms with Gasteiger partial charge in [0.1, 0.15) is 0 Å². The van der Waals surface area contributed by atoms with Gasteiger partial charge in [0.2, 0.25) is 5.91 Å². The Balaban J connectivity index is 4.31. The molecule has 5 heteroatoms. The van der Waals surface area contributed by atoms with Gasteiger partial charge in [0.15, 0.2) is 0 Å². The Morgan fingerprint density at radius 2 is 1.83 bits per heavy atom. The number of hydrogen-bond acceptors (Lipinski definition) is 3. The Kier molecular flexibility index (Phi) is 6.91. The molecule has 106 valence electrons. The first-order valence-electron chi connectivity index (χ1n) is 6.26. The van der Waals surface area contributed by atoms with E-state index in [1.54, 1.807) is 0 Å². The number of rotatable bonds is 7. The highest BCUT2D eigenvalue weighted by Crippen LogP contribution is 2.22. The molecule has 0 aromatic carbocycles. The molecule has 0 aliphatic heterocycles. The Morgan fingerprint density at radius 3 is 2.22 bits per heavy atom. The number of carbonyl (C=O) groups excluding carboxylic acids is 1. The smallest absolute Gasteiger partial charge is 0.305 e. The van der Waals surface area contributed by atoms with E-state index in [1.807, 2.05) is 39.8 Å². The van der Waals surface area contributed by atoms with Crippen LogP contribution in [0.4, 0.5) is 0 Å². The van der Waals surface area contributed by atoms with E-state index in [0.717, 1.165) is 0 Å². The van der Waals surface area contributed by atoms with Gasteiger partial charge < -0.3 is 15.3 Å². The molecule has 0 spiro atoms. The third-order valence-corrected chi connectivity index (χ3v) is 2.43. The van der Waals surface area contributed by atoms with Crippen molar-refractivity contribution in [2.45, 2.75) is 46.1 Å². The van der Waals surface area contributed by atoms with Gasteiger partial charge in [0.25, 0.3) is 0 Å². The highest BCUT2D eigenvalue weighted by Gasteiger charge is 2.22. The number of nitrogens with zero attached hydrogens (tertiary/aromatic N) is 1. The van der Waals surface area contributed by atoms with Gasteiger partial charge in [-0.3, -0.25) is 9.59 Å². The maximum Gasteiger partial charge on any atom is 0.305 e. The fraction of sp³-hybridized carbons (Fsp3) is 0.846. The normalized spacial score (nSPS) is 13.4. The lowest BCUT2D eigenvalue weighted by molar-refractivity contribution is -0.137. The van der Waals surface area contributed by atoms with E-state index in [2.05, 4.69) is 5.32 Å². The van der Waals surface area contributed by atoms with Crippen molar-refractivity contribution < 1.29 is 14.7 Å². The summed E-state index contributed by atoms with van der Waals surface area (Å²) in [7, 11) is 3.80. The van der Waals surface area contributed by atoms with Gasteiger partial charge in [0, 0.05) is 19.0 Å². The van der Waals surface area contributed by atoms with Gasteiger partial charge in [0.05, 0.1) is 6.42 Å². The molecule has 1 amide bonds. The predicted octanol–water partition coefficient (Wildman–Crippen LogP) is 1.33. The fourth-order valence-electron chi connectivity index (χ4n) is 1.75. The molecule has 0 radical (unpaired) electrons. The van der Waals surface area contributed by atoms with Crippen LogP contribution in [0.25, 0.3) is 0 Å². The maximum absolute atomic E-state index is 11.7. The van der Waals surface area contributed by atoms with Gasteiger partial charge in [-0.1, -0.05) is 20.8 Å². The van der Waals surface area contributed by atoms with Gasteiger partial charge in [-0.2, -0.15) is 0 Å². The number of carbonyl (C=O) groups is 2. The molecule has 0 heterocycles. The number of aliphatic carboxylic acids is 1. The molecule has 0 bridgehead atoms. The van der Waals surface area contributed by atoms with E-state index < -0.39 is 5.97 Å².